The summed E-state index contributed by atoms with van der Waals surface area (Å²) in [6.45, 7) is 3.75. The predicted octanol–water partition coefficient (Wildman–Crippen LogP) is 1.52. The van der Waals surface area contributed by atoms with E-state index >= 15 is 0 Å². The third kappa shape index (κ3) is 2.41. The molecule has 3 fully saturated rings. The molecule has 3 rings (SSSR count). The topological polar surface area (TPSA) is 23.6 Å². The molecule has 0 aliphatic carbocycles. The molecule has 96 valence electrons. The molecule has 0 radical (unpaired) electrons. The summed E-state index contributed by atoms with van der Waals surface area (Å²) in [5, 5.41) is 0. The molecule has 0 N–H and O–H groups in total. The van der Waals surface area contributed by atoms with E-state index < -0.39 is 0 Å². The Hall–Kier alpha value is -0.410. The van der Waals surface area contributed by atoms with Gasteiger partial charge in [0.15, 0.2) is 0 Å². The zero-order chi connectivity index (χ0) is 11.8. The van der Waals surface area contributed by atoms with E-state index in [9.17, 15) is 4.79 Å². The van der Waals surface area contributed by atoms with Gasteiger partial charge in [-0.3, -0.25) is 9.69 Å². The molecule has 3 aliphatic rings. The molecule has 3 heteroatoms. The van der Waals surface area contributed by atoms with Crippen molar-refractivity contribution in [3.63, 3.8) is 0 Å². The zero-order valence-corrected chi connectivity index (χ0v) is 10.9. The molecule has 0 aromatic rings. The fourth-order valence-corrected chi connectivity index (χ4v) is 4.04. The maximum absolute atomic E-state index is 11.7. The predicted molar refractivity (Wildman–Crippen MR) is 68.0 cm³/mol. The maximum atomic E-state index is 11.7. The summed E-state index contributed by atoms with van der Waals surface area (Å²) in [6.07, 6.45) is 6.86. The van der Waals surface area contributed by atoms with Crippen LogP contribution in [-0.4, -0.2) is 54.3 Å². The Kier molecular flexibility index (Phi) is 3.22. The molecular weight excluding hydrogens is 212 g/mol. The van der Waals surface area contributed by atoms with Crippen molar-refractivity contribution in [3.8, 4) is 0 Å². The van der Waals surface area contributed by atoms with E-state index in [0.717, 1.165) is 18.8 Å². The Labute approximate surface area is 104 Å². The number of nitrogens with zero attached hydrogens (tertiary/aromatic N) is 2. The largest absolute Gasteiger partial charge is 0.306 e. The first kappa shape index (κ1) is 11.7. The summed E-state index contributed by atoms with van der Waals surface area (Å²) >= 11 is 0. The lowest BCUT2D eigenvalue weighted by molar-refractivity contribution is -0.127. The summed E-state index contributed by atoms with van der Waals surface area (Å²) in [5.41, 5.74) is 0. The lowest BCUT2D eigenvalue weighted by Gasteiger charge is -2.46. The second kappa shape index (κ2) is 4.69. The molecule has 3 aliphatic heterocycles. The van der Waals surface area contributed by atoms with Crippen molar-refractivity contribution in [2.45, 2.75) is 50.6 Å². The van der Waals surface area contributed by atoms with Gasteiger partial charge in [-0.2, -0.15) is 0 Å². The fraction of sp³-hybridized carbons (Fsp3) is 0.929. The van der Waals surface area contributed by atoms with Crippen molar-refractivity contribution in [2.24, 2.45) is 5.92 Å². The molecule has 0 amide bonds. The summed E-state index contributed by atoms with van der Waals surface area (Å²) in [4.78, 5) is 16.8. The van der Waals surface area contributed by atoms with Gasteiger partial charge in [0.1, 0.15) is 5.78 Å². The molecule has 0 aromatic heterocycles. The molecule has 2 bridgehead atoms. The third-order valence-corrected chi connectivity index (χ3v) is 4.90. The maximum Gasteiger partial charge on any atom is 0.136 e. The van der Waals surface area contributed by atoms with Crippen molar-refractivity contribution in [2.75, 3.05) is 26.7 Å². The number of ketones is 1. The molecule has 3 unspecified atom stereocenters. The van der Waals surface area contributed by atoms with Crippen LogP contribution in [0, 0.1) is 5.92 Å². The van der Waals surface area contributed by atoms with Crippen LogP contribution in [0.2, 0.25) is 0 Å². The number of rotatable bonds is 2. The van der Waals surface area contributed by atoms with E-state index in [-0.39, 0.29) is 0 Å². The minimum atomic E-state index is 0.513. The summed E-state index contributed by atoms with van der Waals surface area (Å²) < 4.78 is 0. The monoisotopic (exact) mass is 236 g/mol. The van der Waals surface area contributed by atoms with Crippen LogP contribution < -0.4 is 0 Å². The number of hydrogen-bond acceptors (Lipinski definition) is 3. The number of likely N-dealkylation sites (tertiary alicyclic amines) is 1. The smallest absolute Gasteiger partial charge is 0.136 e. The highest BCUT2D eigenvalue weighted by Gasteiger charge is 2.38. The van der Waals surface area contributed by atoms with Crippen molar-refractivity contribution >= 4 is 5.78 Å². The molecule has 0 aromatic carbocycles. The molecule has 3 saturated heterocycles. The van der Waals surface area contributed by atoms with E-state index in [1.54, 1.807) is 0 Å². The molecule has 3 nitrogen and oxygen atoms in total. The number of piperidine rings is 2. The Morgan fingerprint density at radius 3 is 2.47 bits per heavy atom. The summed E-state index contributed by atoms with van der Waals surface area (Å²) in [7, 11) is 2.22. The van der Waals surface area contributed by atoms with Gasteiger partial charge >= 0.3 is 0 Å². The quantitative estimate of drug-likeness (QED) is 0.726. The Morgan fingerprint density at radius 1 is 1.18 bits per heavy atom. The van der Waals surface area contributed by atoms with Gasteiger partial charge in [0.25, 0.3) is 0 Å². The fourth-order valence-electron chi connectivity index (χ4n) is 4.04. The number of hydrogen-bond donors (Lipinski definition) is 0. The van der Waals surface area contributed by atoms with E-state index in [2.05, 4.69) is 16.8 Å². The highest BCUT2D eigenvalue weighted by molar-refractivity contribution is 5.80. The van der Waals surface area contributed by atoms with E-state index in [4.69, 9.17) is 0 Å². The molecule has 3 atom stereocenters. The first-order chi connectivity index (χ1) is 8.22. The second-order valence-corrected chi connectivity index (χ2v) is 6.30. The second-order valence-electron chi connectivity index (χ2n) is 6.30. The third-order valence-electron chi connectivity index (χ3n) is 4.90. The molecule has 3 heterocycles. The average molecular weight is 236 g/mol. The Morgan fingerprint density at radius 2 is 1.88 bits per heavy atom. The van der Waals surface area contributed by atoms with Gasteiger partial charge in [-0.15, -0.1) is 0 Å². The molecule has 0 spiro atoms. The van der Waals surface area contributed by atoms with E-state index in [0.29, 0.717) is 17.9 Å². The SMILES string of the molecule is CN1CCC(CN2C3CCCC2CC(=O)C3)C1. The highest BCUT2D eigenvalue weighted by atomic mass is 16.1. The van der Waals surface area contributed by atoms with Crippen LogP contribution in [-0.2, 0) is 4.79 Å². The van der Waals surface area contributed by atoms with Crippen molar-refractivity contribution in [1.82, 2.24) is 9.80 Å². The van der Waals surface area contributed by atoms with Crippen molar-refractivity contribution < 1.29 is 4.79 Å². The zero-order valence-electron chi connectivity index (χ0n) is 10.9. The van der Waals surface area contributed by atoms with Crippen LogP contribution in [0.25, 0.3) is 0 Å². The van der Waals surface area contributed by atoms with Gasteiger partial charge < -0.3 is 4.90 Å². The van der Waals surface area contributed by atoms with Crippen LogP contribution in [0.5, 0.6) is 0 Å². The minimum absolute atomic E-state index is 0.513. The number of Topliss-reactive ketones (excluding diaryl/α,β-unsaturated/α-hetero) is 1. The molecule has 17 heavy (non-hydrogen) atoms. The van der Waals surface area contributed by atoms with Crippen molar-refractivity contribution in [1.29, 1.82) is 0 Å². The van der Waals surface area contributed by atoms with Gasteiger partial charge in [0.05, 0.1) is 0 Å². The van der Waals surface area contributed by atoms with Crippen LogP contribution in [0.4, 0.5) is 0 Å². The van der Waals surface area contributed by atoms with Crippen LogP contribution in [0.3, 0.4) is 0 Å². The summed E-state index contributed by atoms with van der Waals surface area (Å²) in [5.74, 6) is 1.36. The minimum Gasteiger partial charge on any atom is -0.306 e. The first-order valence-electron chi connectivity index (χ1n) is 7.18. The number of carbonyl (C=O) groups is 1. The Bertz CT molecular complexity index is 289. The normalized spacial score (nSPS) is 39.8. The standard InChI is InChI=1S/C14H24N2O/c1-15-6-5-11(9-15)10-16-12-3-2-4-13(16)8-14(17)7-12/h11-13H,2-10H2,1H3. The van der Waals surface area contributed by atoms with Crippen LogP contribution in [0.15, 0.2) is 0 Å². The highest BCUT2D eigenvalue weighted by Crippen LogP contribution is 2.33. The van der Waals surface area contributed by atoms with Crippen LogP contribution >= 0.6 is 0 Å². The molecule has 0 saturated carbocycles. The number of fused-ring (bicyclic) bond motifs is 2. The lowest BCUT2D eigenvalue weighted by atomic mass is 9.83. The van der Waals surface area contributed by atoms with Gasteiger partial charge in [-0.1, -0.05) is 6.42 Å². The van der Waals surface area contributed by atoms with E-state index in [1.165, 1.54) is 45.3 Å². The van der Waals surface area contributed by atoms with Gasteiger partial charge in [-0.05, 0) is 38.8 Å². The van der Waals surface area contributed by atoms with Crippen LogP contribution in [0.1, 0.15) is 38.5 Å². The lowest BCUT2D eigenvalue weighted by Crippen LogP contribution is -2.53. The molecular formula is C14H24N2O. The first-order valence-corrected chi connectivity index (χ1v) is 7.18. The van der Waals surface area contributed by atoms with Gasteiger partial charge in [0.2, 0.25) is 0 Å². The Balaban J connectivity index is 1.64. The van der Waals surface area contributed by atoms with E-state index in [1.807, 2.05) is 0 Å². The summed E-state index contributed by atoms with van der Waals surface area (Å²) in [6, 6.07) is 1.17. The van der Waals surface area contributed by atoms with Gasteiger partial charge in [-0.25, -0.2) is 0 Å². The van der Waals surface area contributed by atoms with Gasteiger partial charge in [0, 0.05) is 38.0 Å². The van der Waals surface area contributed by atoms with Crippen molar-refractivity contribution in [3.05, 3.63) is 0 Å². The number of carbonyl (C=O) groups excluding carboxylic acids is 1. The average Bonchev–Trinajstić information content (AvgIpc) is 2.65.